The minimum Gasteiger partial charge on any atom is -0.508 e. The predicted molar refractivity (Wildman–Crippen MR) is 54.8 cm³/mol. The van der Waals surface area contributed by atoms with Crippen LogP contribution in [-0.4, -0.2) is 25.9 Å². The molecule has 0 bridgehead atoms. The predicted octanol–water partition coefficient (Wildman–Crippen LogP) is 1.34. The second kappa shape index (κ2) is 5.41. The Bertz CT molecular complexity index is 351. The van der Waals surface area contributed by atoms with Gasteiger partial charge >= 0.3 is 0 Å². The van der Waals surface area contributed by atoms with Crippen molar-refractivity contribution in [2.75, 3.05) is 7.11 Å². The molecule has 4 nitrogen and oxygen atoms in total. The lowest BCUT2D eigenvalue weighted by molar-refractivity contribution is 0.165. The van der Waals surface area contributed by atoms with Gasteiger partial charge in [0.25, 0.3) is 0 Å². The highest BCUT2D eigenvalue weighted by Crippen LogP contribution is 2.19. The zero-order valence-electron chi connectivity index (χ0n) is 8.40. The Morgan fingerprint density at radius 1 is 1.47 bits per heavy atom. The number of rotatable bonds is 4. The minimum absolute atomic E-state index is 0.0429. The zero-order chi connectivity index (χ0) is 11.3. The molecule has 0 aliphatic carbocycles. The first-order chi connectivity index (χ1) is 7.13. The summed E-state index contributed by atoms with van der Waals surface area (Å²) in [4.78, 5) is 10.4. The Labute approximate surface area is 89.2 Å². The van der Waals surface area contributed by atoms with Gasteiger partial charge in [0.05, 0.1) is 6.61 Å². The van der Waals surface area contributed by atoms with Gasteiger partial charge in [0, 0.05) is 12.7 Å². The molecule has 0 aliphatic heterocycles. The molecule has 0 saturated carbocycles. The molecule has 2 radical (unpaired) electrons. The lowest BCUT2D eigenvalue weighted by Crippen LogP contribution is -2.02. The molecule has 0 saturated heterocycles. The van der Waals surface area contributed by atoms with Gasteiger partial charge in [-0.3, -0.25) is 4.79 Å². The fraction of sp³-hybridized carbons (Fsp3) is 0.300. The van der Waals surface area contributed by atoms with Crippen LogP contribution >= 0.6 is 0 Å². The minimum atomic E-state index is -0.869. The number of carbonyl (C=O) groups excluding carboxylic acids is 1. The van der Waals surface area contributed by atoms with Crippen LogP contribution in [0.1, 0.15) is 11.1 Å². The van der Waals surface area contributed by atoms with Crippen molar-refractivity contribution in [2.45, 2.75) is 13.2 Å². The molecule has 0 spiro atoms. The maximum atomic E-state index is 10.4. The fourth-order valence-corrected chi connectivity index (χ4v) is 1.16. The molecule has 0 aromatic heterocycles. The largest absolute Gasteiger partial charge is 0.508 e. The molecule has 0 atom stereocenters. The van der Waals surface area contributed by atoms with Crippen LogP contribution in [0.2, 0.25) is 0 Å². The molecule has 1 N–H and O–H groups in total. The molecule has 5 heteroatoms. The van der Waals surface area contributed by atoms with Crippen molar-refractivity contribution >= 4 is 13.7 Å². The molecule has 1 aromatic rings. The third kappa shape index (κ3) is 3.63. The Morgan fingerprint density at radius 3 is 2.80 bits per heavy atom. The zero-order valence-corrected chi connectivity index (χ0v) is 8.40. The van der Waals surface area contributed by atoms with E-state index in [1.165, 1.54) is 6.07 Å². The van der Waals surface area contributed by atoms with Gasteiger partial charge in [-0.2, -0.15) is 0 Å². The van der Waals surface area contributed by atoms with Crippen molar-refractivity contribution in [2.24, 2.45) is 0 Å². The number of phenols is 1. The highest BCUT2D eigenvalue weighted by atomic mass is 16.5. The Hall–Kier alpha value is -1.49. The Balaban J connectivity index is 2.75. The quantitative estimate of drug-likeness (QED) is 0.755. The van der Waals surface area contributed by atoms with Crippen LogP contribution in [0.3, 0.4) is 0 Å². The molecule has 15 heavy (non-hydrogen) atoms. The monoisotopic (exact) mass is 206 g/mol. The molecular weight excluding hydrogens is 195 g/mol. The van der Waals surface area contributed by atoms with E-state index in [-0.39, 0.29) is 12.4 Å². The van der Waals surface area contributed by atoms with Gasteiger partial charge in [0.1, 0.15) is 12.4 Å². The Morgan fingerprint density at radius 2 is 2.20 bits per heavy atom. The van der Waals surface area contributed by atoms with E-state index < -0.39 is 5.87 Å². The Kier molecular flexibility index (Phi) is 4.18. The number of hydrogen-bond acceptors (Lipinski definition) is 4. The van der Waals surface area contributed by atoms with Gasteiger partial charge in [-0.25, -0.2) is 0 Å². The number of hydrogen-bond donors (Lipinski definition) is 1. The molecule has 0 unspecified atom stereocenters. The standard InChI is InChI=1S/C10H11BO4/c1-14-5-7-2-3-9(12)8(4-7)6-15-10(11)13/h2-4,12H,5-6H2,1H3. The van der Waals surface area contributed by atoms with E-state index in [2.05, 4.69) is 4.74 Å². The number of phenolic OH excluding ortho intramolecular Hbond substituents is 1. The van der Waals surface area contributed by atoms with Gasteiger partial charge in [-0.05, 0) is 17.7 Å². The summed E-state index contributed by atoms with van der Waals surface area (Å²) in [6.45, 7) is 0.391. The van der Waals surface area contributed by atoms with Gasteiger partial charge < -0.3 is 14.6 Å². The summed E-state index contributed by atoms with van der Waals surface area (Å²) in [5.41, 5.74) is 1.39. The van der Waals surface area contributed by atoms with E-state index in [4.69, 9.17) is 12.6 Å². The van der Waals surface area contributed by atoms with Gasteiger partial charge in [0.15, 0.2) is 0 Å². The molecule has 1 aromatic carbocycles. The summed E-state index contributed by atoms with van der Waals surface area (Å²) < 4.78 is 9.51. The van der Waals surface area contributed by atoms with Crippen molar-refractivity contribution < 1.29 is 19.4 Å². The average molecular weight is 206 g/mol. The first-order valence-corrected chi connectivity index (χ1v) is 4.35. The van der Waals surface area contributed by atoms with E-state index in [1.807, 2.05) is 0 Å². The van der Waals surface area contributed by atoms with Crippen LogP contribution < -0.4 is 0 Å². The third-order valence-corrected chi connectivity index (χ3v) is 1.82. The first-order valence-electron chi connectivity index (χ1n) is 4.35. The number of methoxy groups -OCH3 is 1. The summed E-state index contributed by atoms with van der Waals surface area (Å²) in [5.74, 6) is -0.803. The van der Waals surface area contributed by atoms with Crippen molar-refractivity contribution in [3.8, 4) is 5.75 Å². The summed E-state index contributed by atoms with van der Waals surface area (Å²) in [5, 5.41) is 9.44. The highest BCUT2D eigenvalue weighted by molar-refractivity contribution is 6.55. The van der Waals surface area contributed by atoms with Gasteiger partial charge in [-0.1, -0.05) is 6.07 Å². The maximum absolute atomic E-state index is 10.4. The molecule has 0 amide bonds. The number of carbonyl (C=O) groups is 1. The number of benzene rings is 1. The molecule has 0 aliphatic rings. The number of aromatic hydroxyl groups is 1. The highest BCUT2D eigenvalue weighted by Gasteiger charge is 2.04. The van der Waals surface area contributed by atoms with E-state index in [0.717, 1.165) is 5.56 Å². The van der Waals surface area contributed by atoms with E-state index in [9.17, 15) is 9.90 Å². The average Bonchev–Trinajstić information content (AvgIpc) is 2.19. The van der Waals surface area contributed by atoms with Crippen LogP contribution in [0.25, 0.3) is 0 Å². The summed E-state index contributed by atoms with van der Waals surface area (Å²) in [6.07, 6.45) is 0. The molecule has 0 heterocycles. The molecular formula is C10H11BO4. The van der Waals surface area contributed by atoms with Gasteiger partial charge in [0.2, 0.25) is 13.7 Å². The van der Waals surface area contributed by atoms with E-state index in [1.54, 1.807) is 19.2 Å². The van der Waals surface area contributed by atoms with Crippen molar-refractivity contribution in [3.05, 3.63) is 29.3 Å². The summed E-state index contributed by atoms with van der Waals surface area (Å²) in [6, 6.07) is 4.95. The van der Waals surface area contributed by atoms with E-state index in [0.29, 0.717) is 12.2 Å². The van der Waals surface area contributed by atoms with Crippen LogP contribution in [-0.2, 0) is 22.7 Å². The first kappa shape index (κ1) is 11.6. The summed E-state index contributed by atoms with van der Waals surface area (Å²) in [7, 11) is 6.40. The van der Waals surface area contributed by atoms with Crippen molar-refractivity contribution in [3.63, 3.8) is 0 Å². The van der Waals surface area contributed by atoms with Crippen LogP contribution in [0.15, 0.2) is 18.2 Å². The fourth-order valence-electron chi connectivity index (χ4n) is 1.16. The molecule has 78 valence electrons. The second-order valence-corrected chi connectivity index (χ2v) is 3.00. The van der Waals surface area contributed by atoms with Crippen LogP contribution in [0.4, 0.5) is 4.79 Å². The van der Waals surface area contributed by atoms with Crippen LogP contribution in [0.5, 0.6) is 5.75 Å². The maximum Gasteiger partial charge on any atom is 0.236 e. The lowest BCUT2D eigenvalue weighted by atomic mass is 10.1. The number of ether oxygens (including phenoxy) is 2. The third-order valence-electron chi connectivity index (χ3n) is 1.82. The lowest BCUT2D eigenvalue weighted by Gasteiger charge is -2.07. The van der Waals surface area contributed by atoms with Crippen LogP contribution in [0, 0.1) is 0 Å². The van der Waals surface area contributed by atoms with Gasteiger partial charge in [-0.15, -0.1) is 0 Å². The molecule has 1 rings (SSSR count). The normalized spacial score (nSPS) is 9.93. The SMILES string of the molecule is [B]C(=O)OCc1cc(COC)ccc1O. The van der Waals surface area contributed by atoms with Crippen molar-refractivity contribution in [1.82, 2.24) is 0 Å². The summed E-state index contributed by atoms with van der Waals surface area (Å²) >= 11 is 0. The smallest absolute Gasteiger partial charge is 0.236 e. The second-order valence-electron chi connectivity index (χ2n) is 3.00. The topological polar surface area (TPSA) is 55.8 Å². The molecule has 0 fully saturated rings. The van der Waals surface area contributed by atoms with E-state index >= 15 is 0 Å². The van der Waals surface area contributed by atoms with Crippen molar-refractivity contribution in [1.29, 1.82) is 0 Å².